The second kappa shape index (κ2) is 8.19. The lowest BCUT2D eigenvalue weighted by atomic mass is 10.1. The lowest BCUT2D eigenvalue weighted by Crippen LogP contribution is -2.37. The molecule has 0 bridgehead atoms. The van der Waals surface area contributed by atoms with E-state index in [1.807, 2.05) is 0 Å². The van der Waals surface area contributed by atoms with E-state index in [9.17, 15) is 0 Å². The Balaban J connectivity index is 1.71. The minimum absolute atomic E-state index is 0.00839. The number of hydrogen-bond acceptors (Lipinski definition) is 4. The van der Waals surface area contributed by atoms with Crippen molar-refractivity contribution in [3.63, 3.8) is 0 Å². The van der Waals surface area contributed by atoms with Gasteiger partial charge >= 0.3 is 0 Å². The molecule has 6 heteroatoms. The molecule has 0 radical (unpaired) electrons. The van der Waals surface area contributed by atoms with Gasteiger partial charge in [0.1, 0.15) is 0 Å². The Hall–Kier alpha value is -1.12. The summed E-state index contributed by atoms with van der Waals surface area (Å²) in [6.07, 6.45) is 3.36. The Bertz CT molecular complexity index is 1070. The number of benzene rings is 2. The van der Waals surface area contributed by atoms with Gasteiger partial charge in [-0.15, -0.1) is 0 Å². The van der Waals surface area contributed by atoms with Gasteiger partial charge in [0.05, 0.1) is 24.3 Å². The summed E-state index contributed by atoms with van der Waals surface area (Å²) in [5, 5.41) is 1.22. The maximum absolute atomic E-state index is 5.57. The summed E-state index contributed by atoms with van der Waals surface area (Å²) in [4.78, 5) is 11.7. The maximum Gasteiger partial charge on any atom is 0.0809 e. The zero-order chi connectivity index (χ0) is 20.0. The molecule has 1 atom stereocenters. The van der Waals surface area contributed by atoms with Crippen molar-refractivity contribution in [1.82, 2.24) is 0 Å². The summed E-state index contributed by atoms with van der Waals surface area (Å²) >= 11 is 2.67. The Labute approximate surface area is 187 Å². The average Bonchev–Trinajstić information content (AvgIpc) is 2.72. The molecule has 5 rings (SSSR count). The Morgan fingerprint density at radius 1 is 0.931 bits per heavy atom. The van der Waals surface area contributed by atoms with E-state index >= 15 is 0 Å². The predicted molar refractivity (Wildman–Crippen MR) is 131 cm³/mol. The first-order valence-corrected chi connectivity index (χ1v) is 14.5. The molecule has 0 amide bonds. The number of nitrogens with zero attached hydrogens (tertiary/aromatic N) is 3. The normalized spacial score (nSPS) is 20.6. The molecule has 2 aromatic carbocycles. The SMILES string of the molecule is CCc1cc(N2CCC2)cc2c1N=c1c(CC)cc(N3CCOCC3)cc1=S2I. The number of hydrogen-bond donors (Lipinski definition) is 0. The highest BCUT2D eigenvalue weighted by Crippen LogP contribution is 2.48. The fourth-order valence-corrected chi connectivity index (χ4v) is 7.75. The number of anilines is 2. The predicted octanol–water partition coefficient (Wildman–Crippen LogP) is 5.05. The summed E-state index contributed by atoms with van der Waals surface area (Å²) in [5.41, 5.74) is 6.73. The second-order valence-corrected chi connectivity index (χ2v) is 12.0. The molecule has 0 aliphatic carbocycles. The van der Waals surface area contributed by atoms with Crippen molar-refractivity contribution in [2.75, 3.05) is 49.2 Å². The highest BCUT2D eigenvalue weighted by atomic mass is 127. The van der Waals surface area contributed by atoms with Crippen LogP contribution in [0, 0.1) is 4.51 Å². The Kier molecular flexibility index (Phi) is 5.60. The lowest BCUT2D eigenvalue weighted by Gasteiger charge is -2.34. The molecule has 154 valence electrons. The van der Waals surface area contributed by atoms with E-state index in [-0.39, 0.29) is 7.66 Å². The summed E-state index contributed by atoms with van der Waals surface area (Å²) in [6.45, 7) is 10.5. The van der Waals surface area contributed by atoms with E-state index in [0.717, 1.165) is 39.1 Å². The van der Waals surface area contributed by atoms with Crippen molar-refractivity contribution >= 4 is 45.9 Å². The molecule has 3 aliphatic heterocycles. The van der Waals surface area contributed by atoms with E-state index < -0.39 is 0 Å². The number of ether oxygens (including phenoxy) is 1. The van der Waals surface area contributed by atoms with Crippen molar-refractivity contribution in [1.29, 1.82) is 0 Å². The number of rotatable bonds is 4. The third kappa shape index (κ3) is 3.51. The van der Waals surface area contributed by atoms with E-state index in [1.54, 1.807) is 0 Å². The van der Waals surface area contributed by atoms with Gasteiger partial charge < -0.3 is 14.5 Å². The third-order valence-corrected chi connectivity index (χ3v) is 10.5. The molecule has 29 heavy (non-hydrogen) atoms. The van der Waals surface area contributed by atoms with Crippen LogP contribution in [0.3, 0.4) is 0 Å². The monoisotopic (exact) mass is 521 g/mol. The lowest BCUT2D eigenvalue weighted by molar-refractivity contribution is 0.122. The van der Waals surface area contributed by atoms with Gasteiger partial charge in [-0.25, -0.2) is 4.99 Å². The fraction of sp³-hybridized carbons (Fsp3) is 0.478. The number of fused-ring (bicyclic) bond motifs is 2. The van der Waals surface area contributed by atoms with E-state index in [4.69, 9.17) is 9.73 Å². The molecule has 2 fully saturated rings. The van der Waals surface area contributed by atoms with Crippen molar-refractivity contribution < 1.29 is 4.74 Å². The maximum atomic E-state index is 5.57. The van der Waals surface area contributed by atoms with Crippen LogP contribution in [0.15, 0.2) is 34.2 Å². The highest BCUT2D eigenvalue weighted by Gasteiger charge is 2.22. The van der Waals surface area contributed by atoms with E-state index in [1.165, 1.54) is 62.5 Å². The molecule has 3 aliphatic rings. The van der Waals surface area contributed by atoms with Gasteiger partial charge in [-0.1, -0.05) is 21.5 Å². The number of aryl methyl sites for hydroxylation is 2. The van der Waals surface area contributed by atoms with Crippen LogP contribution in [0.1, 0.15) is 31.4 Å². The zero-order valence-corrected chi connectivity index (χ0v) is 20.2. The van der Waals surface area contributed by atoms with Crippen LogP contribution in [0.5, 0.6) is 0 Å². The molecule has 0 spiro atoms. The van der Waals surface area contributed by atoms with Gasteiger partial charge in [-0.3, -0.25) is 0 Å². The van der Waals surface area contributed by atoms with Gasteiger partial charge in [0.2, 0.25) is 0 Å². The third-order valence-electron chi connectivity index (χ3n) is 6.25. The van der Waals surface area contributed by atoms with Crippen molar-refractivity contribution in [3.8, 4) is 0 Å². The standard InChI is InChI=1S/C23H28IN3OS/c1-3-16-12-18(26-6-5-7-26)14-20-22(16)25-23-17(4-2)13-19(15-21(23)29(20)24)27-8-10-28-11-9-27/h12-15H,3-11H2,1-2H3. The molecule has 0 N–H and O–H groups in total. The van der Waals surface area contributed by atoms with Crippen molar-refractivity contribution in [3.05, 3.63) is 45.3 Å². The fourth-order valence-electron chi connectivity index (χ4n) is 4.36. The average molecular weight is 521 g/mol. The summed E-state index contributed by atoms with van der Waals surface area (Å²) in [7, 11) is 0.00839. The summed E-state index contributed by atoms with van der Waals surface area (Å²) in [6, 6.07) is 9.58. The Morgan fingerprint density at radius 3 is 2.24 bits per heavy atom. The summed E-state index contributed by atoms with van der Waals surface area (Å²) in [5.74, 6) is 0. The first-order chi connectivity index (χ1) is 14.2. The number of halogens is 1. The van der Waals surface area contributed by atoms with E-state index in [0.29, 0.717) is 0 Å². The minimum atomic E-state index is 0.00839. The minimum Gasteiger partial charge on any atom is -0.378 e. The second-order valence-electron chi connectivity index (χ2n) is 7.92. The van der Waals surface area contributed by atoms with Gasteiger partial charge in [-0.2, -0.15) is 0 Å². The van der Waals surface area contributed by atoms with Gasteiger partial charge in [0, 0.05) is 47.0 Å². The largest absolute Gasteiger partial charge is 0.378 e. The molecule has 0 saturated carbocycles. The van der Waals surface area contributed by atoms with Crippen molar-refractivity contribution in [2.45, 2.75) is 38.0 Å². The van der Waals surface area contributed by atoms with Crippen LogP contribution < -0.4 is 15.2 Å². The van der Waals surface area contributed by atoms with Gasteiger partial charge in [-0.05, 0) is 75.9 Å². The zero-order valence-electron chi connectivity index (χ0n) is 17.2. The van der Waals surface area contributed by atoms with Gasteiger partial charge in [0.15, 0.2) is 0 Å². The first-order valence-electron chi connectivity index (χ1n) is 10.7. The quantitative estimate of drug-likeness (QED) is 0.417. The molecule has 4 nitrogen and oxygen atoms in total. The molecule has 2 aromatic rings. The van der Waals surface area contributed by atoms with Crippen LogP contribution in [0.2, 0.25) is 0 Å². The molecule has 1 unspecified atom stereocenters. The van der Waals surface area contributed by atoms with Crippen LogP contribution in [0.4, 0.5) is 17.1 Å². The topological polar surface area (TPSA) is 28.1 Å². The van der Waals surface area contributed by atoms with Crippen LogP contribution in [-0.4, -0.2) is 39.4 Å². The van der Waals surface area contributed by atoms with Crippen molar-refractivity contribution in [2.24, 2.45) is 4.99 Å². The number of morpholine rings is 1. The highest BCUT2D eigenvalue weighted by molar-refractivity contribution is 14.2. The van der Waals surface area contributed by atoms with Gasteiger partial charge in [0.25, 0.3) is 0 Å². The first kappa shape index (κ1) is 19.8. The Morgan fingerprint density at radius 2 is 1.59 bits per heavy atom. The molecular formula is C23H28IN3OS. The molecule has 0 aromatic heterocycles. The van der Waals surface area contributed by atoms with Crippen LogP contribution in [-0.2, 0) is 17.6 Å². The van der Waals surface area contributed by atoms with Crippen LogP contribution in [0.25, 0.3) is 0 Å². The summed E-state index contributed by atoms with van der Waals surface area (Å²) < 4.78 is 6.98. The molecule has 3 heterocycles. The van der Waals surface area contributed by atoms with E-state index in [2.05, 4.69) is 69.1 Å². The smallest absolute Gasteiger partial charge is 0.0809 e. The molecule has 2 saturated heterocycles. The molecular weight excluding hydrogens is 493 g/mol. The van der Waals surface area contributed by atoms with Crippen LogP contribution >= 0.6 is 28.9 Å².